The van der Waals surface area contributed by atoms with Crippen LogP contribution in [0.2, 0.25) is 5.02 Å². The molecule has 5 N–H and O–H groups in total. The molecule has 0 radical (unpaired) electrons. The number of amides is 3. The van der Waals surface area contributed by atoms with Crippen LogP contribution in [0.5, 0.6) is 0 Å². The van der Waals surface area contributed by atoms with Crippen molar-refractivity contribution in [2.45, 2.75) is 0 Å². The van der Waals surface area contributed by atoms with Crippen LogP contribution in [0.4, 0.5) is 19.4 Å². The molecule has 0 aliphatic carbocycles. The van der Waals surface area contributed by atoms with Gasteiger partial charge in [-0.15, -0.1) is 0 Å². The SMILES string of the molecule is NC(=O)COC(=O)c1cc(NC(=O)c2cc(F)c(F)cc2Cl)n(C(N)=O)n1. The second-order valence-electron chi connectivity index (χ2n) is 4.91. The summed E-state index contributed by atoms with van der Waals surface area (Å²) in [6.07, 6.45) is 0. The molecule has 3 amide bonds. The van der Waals surface area contributed by atoms with E-state index >= 15 is 0 Å². The molecule has 2 aromatic rings. The van der Waals surface area contributed by atoms with Gasteiger partial charge in [0.1, 0.15) is 5.82 Å². The average Bonchev–Trinajstić information content (AvgIpc) is 2.99. The van der Waals surface area contributed by atoms with Crippen molar-refractivity contribution >= 4 is 41.2 Å². The summed E-state index contributed by atoms with van der Waals surface area (Å²) in [5.74, 6) is -6.09. The highest BCUT2D eigenvalue weighted by atomic mass is 35.5. The summed E-state index contributed by atoms with van der Waals surface area (Å²) < 4.78 is 31.4. The zero-order valence-electron chi connectivity index (χ0n) is 13.2. The molecule has 2 rings (SSSR count). The molecule has 1 heterocycles. The summed E-state index contributed by atoms with van der Waals surface area (Å²) in [6.45, 7) is -0.742. The maximum atomic E-state index is 13.3. The molecule has 1 aromatic heterocycles. The van der Waals surface area contributed by atoms with E-state index in [2.05, 4.69) is 15.2 Å². The number of primary amides is 2. The van der Waals surface area contributed by atoms with Gasteiger partial charge in [0.15, 0.2) is 23.9 Å². The molecule has 142 valence electrons. The number of halogens is 3. The van der Waals surface area contributed by atoms with E-state index in [0.29, 0.717) is 16.8 Å². The van der Waals surface area contributed by atoms with Crippen molar-refractivity contribution in [2.24, 2.45) is 11.5 Å². The van der Waals surface area contributed by atoms with Crippen LogP contribution in [0.15, 0.2) is 18.2 Å². The van der Waals surface area contributed by atoms with Crippen molar-refractivity contribution in [3.05, 3.63) is 46.1 Å². The van der Waals surface area contributed by atoms with E-state index in [-0.39, 0.29) is 5.82 Å². The smallest absolute Gasteiger partial charge is 0.359 e. The molecule has 0 fully saturated rings. The van der Waals surface area contributed by atoms with Crippen molar-refractivity contribution in [2.75, 3.05) is 11.9 Å². The number of hydrogen-bond acceptors (Lipinski definition) is 6. The van der Waals surface area contributed by atoms with Gasteiger partial charge in [-0.3, -0.25) is 9.59 Å². The number of nitrogens with one attached hydrogen (secondary N) is 1. The number of benzene rings is 1. The first-order valence-electron chi connectivity index (χ1n) is 6.91. The Bertz CT molecular complexity index is 962. The fourth-order valence-corrected chi connectivity index (χ4v) is 2.06. The van der Waals surface area contributed by atoms with Crippen molar-refractivity contribution < 1.29 is 32.7 Å². The van der Waals surface area contributed by atoms with Gasteiger partial charge in [-0.05, 0) is 12.1 Å². The molecule has 0 saturated heterocycles. The fourth-order valence-electron chi connectivity index (χ4n) is 1.83. The van der Waals surface area contributed by atoms with Gasteiger partial charge in [0.05, 0.1) is 10.6 Å². The number of nitrogens with two attached hydrogens (primary N) is 2. The minimum absolute atomic E-state index is 0.390. The highest BCUT2D eigenvalue weighted by Gasteiger charge is 2.22. The Kier molecular flexibility index (Phi) is 5.70. The van der Waals surface area contributed by atoms with Gasteiger partial charge in [0.25, 0.3) is 11.8 Å². The van der Waals surface area contributed by atoms with Gasteiger partial charge in [-0.25, -0.2) is 18.4 Å². The Morgan fingerprint density at radius 3 is 2.37 bits per heavy atom. The summed E-state index contributed by atoms with van der Waals surface area (Å²) in [4.78, 5) is 46.0. The first kappa shape index (κ1) is 19.8. The Balaban J connectivity index is 2.31. The third-order valence-corrected chi connectivity index (χ3v) is 3.28. The van der Waals surface area contributed by atoms with Crippen LogP contribution in [0.3, 0.4) is 0 Å². The molecule has 0 saturated carbocycles. The first-order valence-corrected chi connectivity index (χ1v) is 7.29. The van der Waals surface area contributed by atoms with E-state index in [1.165, 1.54) is 0 Å². The van der Waals surface area contributed by atoms with Gasteiger partial charge in [-0.2, -0.15) is 9.78 Å². The maximum absolute atomic E-state index is 13.3. The van der Waals surface area contributed by atoms with Gasteiger partial charge < -0.3 is 21.5 Å². The molecule has 27 heavy (non-hydrogen) atoms. The predicted octanol–water partition coefficient (Wildman–Crippen LogP) is 0.636. The van der Waals surface area contributed by atoms with Crippen LogP contribution in [0.25, 0.3) is 0 Å². The Labute approximate surface area is 154 Å². The Morgan fingerprint density at radius 2 is 1.78 bits per heavy atom. The minimum Gasteiger partial charge on any atom is -0.451 e. The predicted molar refractivity (Wildman–Crippen MR) is 86.0 cm³/mol. The molecular weight excluding hydrogens is 392 g/mol. The number of ether oxygens (including phenoxy) is 1. The second-order valence-corrected chi connectivity index (χ2v) is 5.31. The average molecular weight is 402 g/mol. The molecule has 10 nitrogen and oxygen atoms in total. The lowest BCUT2D eigenvalue weighted by Crippen LogP contribution is -2.25. The van der Waals surface area contributed by atoms with E-state index in [4.69, 9.17) is 23.1 Å². The number of nitrogens with zero attached hydrogens (tertiary/aromatic N) is 2. The molecule has 0 bridgehead atoms. The number of aromatic nitrogens is 2. The minimum atomic E-state index is -1.33. The maximum Gasteiger partial charge on any atom is 0.359 e. The number of anilines is 1. The first-order chi connectivity index (χ1) is 12.6. The zero-order chi connectivity index (χ0) is 20.3. The Hall–Kier alpha value is -3.54. The van der Waals surface area contributed by atoms with Crippen molar-refractivity contribution in [1.29, 1.82) is 0 Å². The topological polar surface area (TPSA) is 159 Å². The lowest BCUT2D eigenvalue weighted by atomic mass is 10.2. The summed E-state index contributed by atoms with van der Waals surface area (Å²) in [6, 6.07) is 0.847. The van der Waals surface area contributed by atoms with E-state index < -0.39 is 58.3 Å². The number of rotatable bonds is 5. The van der Waals surface area contributed by atoms with Crippen LogP contribution in [0.1, 0.15) is 20.8 Å². The lowest BCUT2D eigenvalue weighted by Gasteiger charge is -2.07. The molecule has 1 aromatic carbocycles. The molecule has 0 atom stereocenters. The van der Waals surface area contributed by atoms with Crippen molar-refractivity contribution in [3.8, 4) is 0 Å². The monoisotopic (exact) mass is 401 g/mol. The summed E-state index contributed by atoms with van der Waals surface area (Å²) in [5, 5.41) is 5.24. The van der Waals surface area contributed by atoms with E-state index in [1.54, 1.807) is 0 Å². The molecule has 0 unspecified atom stereocenters. The number of esters is 1. The van der Waals surface area contributed by atoms with Gasteiger partial charge in [-0.1, -0.05) is 11.6 Å². The summed E-state index contributed by atoms with van der Waals surface area (Å²) >= 11 is 5.69. The van der Waals surface area contributed by atoms with Crippen LogP contribution < -0.4 is 16.8 Å². The normalized spacial score (nSPS) is 10.3. The number of carbonyl (C=O) groups excluding carboxylic acids is 4. The summed E-state index contributed by atoms with van der Waals surface area (Å²) in [7, 11) is 0. The van der Waals surface area contributed by atoms with Gasteiger partial charge in [0, 0.05) is 6.07 Å². The van der Waals surface area contributed by atoms with Gasteiger partial charge >= 0.3 is 12.0 Å². The van der Waals surface area contributed by atoms with Crippen LogP contribution >= 0.6 is 11.6 Å². The van der Waals surface area contributed by atoms with Crippen LogP contribution in [0, 0.1) is 11.6 Å². The lowest BCUT2D eigenvalue weighted by molar-refractivity contribution is -0.121. The highest BCUT2D eigenvalue weighted by Crippen LogP contribution is 2.22. The largest absolute Gasteiger partial charge is 0.451 e. The third-order valence-electron chi connectivity index (χ3n) is 2.97. The highest BCUT2D eigenvalue weighted by molar-refractivity contribution is 6.34. The zero-order valence-corrected chi connectivity index (χ0v) is 13.9. The summed E-state index contributed by atoms with van der Waals surface area (Å²) in [5.41, 5.74) is 8.98. The van der Waals surface area contributed by atoms with E-state index in [9.17, 15) is 28.0 Å². The molecule has 13 heteroatoms. The molecule has 0 aliphatic rings. The fraction of sp³-hybridized carbons (Fsp3) is 0.0714. The van der Waals surface area contributed by atoms with Crippen LogP contribution in [-0.4, -0.2) is 40.2 Å². The van der Waals surface area contributed by atoms with Crippen molar-refractivity contribution in [1.82, 2.24) is 9.78 Å². The number of carbonyl (C=O) groups is 4. The molecular formula is C14H10ClF2N5O5. The third kappa shape index (κ3) is 4.55. The quantitative estimate of drug-likeness (QED) is 0.492. The second kappa shape index (κ2) is 7.78. The van der Waals surface area contributed by atoms with E-state index in [0.717, 1.165) is 6.07 Å². The van der Waals surface area contributed by atoms with E-state index in [1.807, 2.05) is 0 Å². The number of hydrogen-bond donors (Lipinski definition) is 3. The van der Waals surface area contributed by atoms with Gasteiger partial charge in [0.2, 0.25) is 0 Å². The standard InChI is InChI=1S/C14H10ClF2N5O5/c15-6-2-8(17)7(16)1-5(6)12(24)20-11-3-9(21-22(11)14(19)26)13(25)27-4-10(18)23/h1-3H,4H2,(H2,18,23)(H2,19,26)(H,20,24). The molecule has 0 aliphatic heterocycles. The van der Waals surface area contributed by atoms with Crippen LogP contribution in [-0.2, 0) is 9.53 Å². The Morgan fingerprint density at radius 1 is 1.15 bits per heavy atom. The van der Waals surface area contributed by atoms with Crippen molar-refractivity contribution in [3.63, 3.8) is 0 Å². The molecule has 0 spiro atoms.